The van der Waals surface area contributed by atoms with Gasteiger partial charge in [0.25, 0.3) is 0 Å². The smallest absolute Gasteiger partial charge is 0.411 e. The van der Waals surface area contributed by atoms with Crippen molar-refractivity contribution in [3.05, 3.63) is 34.3 Å². The fourth-order valence-corrected chi connectivity index (χ4v) is 4.09. The lowest BCUT2D eigenvalue weighted by atomic mass is 10.1. The highest BCUT2D eigenvalue weighted by atomic mass is 79.9. The molecule has 0 unspecified atom stereocenters. The van der Waals surface area contributed by atoms with Crippen LogP contribution in [0.5, 0.6) is 0 Å². The van der Waals surface area contributed by atoms with Gasteiger partial charge in [0.05, 0.1) is 0 Å². The second kappa shape index (κ2) is 13.8. The number of hydrogen-bond donors (Lipinski definition) is 0. The van der Waals surface area contributed by atoms with E-state index >= 15 is 0 Å². The van der Waals surface area contributed by atoms with Crippen LogP contribution in [0.15, 0.2) is 28.7 Å². The maximum atomic E-state index is 12.3. The number of esters is 1. The fourth-order valence-electron chi connectivity index (χ4n) is 3.83. The van der Waals surface area contributed by atoms with Gasteiger partial charge in [-0.3, -0.25) is 14.6 Å². The van der Waals surface area contributed by atoms with Crippen molar-refractivity contribution >= 4 is 33.8 Å². The van der Waals surface area contributed by atoms with Crippen molar-refractivity contribution in [2.75, 3.05) is 19.7 Å². The van der Waals surface area contributed by atoms with Gasteiger partial charge in [-0.2, -0.15) is 0 Å². The standard InChI is InChI=1S/C18H22BrNO5.C8H19N/c1-18(2,3)25-17(23)20-10-4-5-14(20)16(22)24-11-15(21)12-6-8-13(19)9-7-12;1-6-9(7(2)3)8(4)5/h6-9,14H,4-5,10-11H2,1-3H3;7-8H,6H2,1-5H3/t14-;/m0./s1. The average molecular weight is 542 g/mol. The van der Waals surface area contributed by atoms with Crippen LogP contribution < -0.4 is 0 Å². The number of benzene rings is 1. The Morgan fingerprint density at radius 2 is 1.65 bits per heavy atom. The highest BCUT2D eigenvalue weighted by molar-refractivity contribution is 9.10. The van der Waals surface area contributed by atoms with Crippen molar-refractivity contribution in [3.63, 3.8) is 0 Å². The number of hydrogen-bond acceptors (Lipinski definition) is 6. The lowest BCUT2D eigenvalue weighted by molar-refractivity contribution is -0.147. The molecule has 7 nitrogen and oxygen atoms in total. The highest BCUT2D eigenvalue weighted by Gasteiger charge is 2.37. The first-order valence-corrected chi connectivity index (χ1v) is 12.8. The van der Waals surface area contributed by atoms with Crippen LogP contribution in [0.25, 0.3) is 0 Å². The topological polar surface area (TPSA) is 76.1 Å². The van der Waals surface area contributed by atoms with Crippen molar-refractivity contribution in [3.8, 4) is 0 Å². The van der Waals surface area contributed by atoms with Crippen molar-refractivity contribution in [2.24, 2.45) is 0 Å². The molecule has 8 heteroatoms. The van der Waals surface area contributed by atoms with E-state index in [-0.39, 0.29) is 12.4 Å². The SMILES string of the molecule is CC(C)(C)OC(=O)N1CCC[C@H]1C(=O)OCC(=O)c1ccc(Br)cc1.CCN(C(C)C)C(C)C. The van der Waals surface area contributed by atoms with Gasteiger partial charge >= 0.3 is 12.1 Å². The largest absolute Gasteiger partial charge is 0.456 e. The van der Waals surface area contributed by atoms with Crippen LogP contribution >= 0.6 is 15.9 Å². The van der Waals surface area contributed by atoms with Gasteiger partial charge in [-0.05, 0) is 80.0 Å². The number of ether oxygens (including phenoxy) is 2. The Morgan fingerprint density at radius 3 is 2.09 bits per heavy atom. The summed E-state index contributed by atoms with van der Waals surface area (Å²) in [5.74, 6) is -0.864. The number of nitrogens with zero attached hydrogens (tertiary/aromatic N) is 2. The Hall–Kier alpha value is -1.93. The third-order valence-electron chi connectivity index (χ3n) is 5.36. The van der Waals surface area contributed by atoms with Crippen LogP contribution in [0.2, 0.25) is 0 Å². The predicted molar refractivity (Wildman–Crippen MR) is 138 cm³/mol. The minimum Gasteiger partial charge on any atom is -0.456 e. The van der Waals surface area contributed by atoms with Crippen LogP contribution in [-0.2, 0) is 14.3 Å². The fraction of sp³-hybridized carbons (Fsp3) is 0.654. The first kappa shape index (κ1) is 30.1. The third kappa shape index (κ3) is 10.1. The third-order valence-corrected chi connectivity index (χ3v) is 5.88. The zero-order valence-electron chi connectivity index (χ0n) is 21.9. The number of rotatable bonds is 7. The Balaban J connectivity index is 0.000000546. The van der Waals surface area contributed by atoms with E-state index in [1.54, 1.807) is 45.0 Å². The molecule has 0 radical (unpaired) electrons. The van der Waals surface area contributed by atoms with E-state index in [1.807, 2.05) is 0 Å². The minimum absolute atomic E-state index is 0.289. The summed E-state index contributed by atoms with van der Waals surface area (Å²) >= 11 is 3.30. The molecular formula is C26H41BrN2O5. The first-order valence-electron chi connectivity index (χ1n) is 12.0. The molecule has 2 rings (SSSR count). The summed E-state index contributed by atoms with van der Waals surface area (Å²) in [6.07, 6.45) is 0.663. The lowest BCUT2D eigenvalue weighted by Crippen LogP contribution is -2.44. The zero-order chi connectivity index (χ0) is 26.1. The summed E-state index contributed by atoms with van der Waals surface area (Å²) in [5, 5.41) is 0. The summed E-state index contributed by atoms with van der Waals surface area (Å²) in [7, 11) is 0. The van der Waals surface area contributed by atoms with E-state index in [1.165, 1.54) is 4.90 Å². The van der Waals surface area contributed by atoms with E-state index in [0.717, 1.165) is 11.0 Å². The molecule has 1 aliphatic heterocycles. The van der Waals surface area contributed by atoms with Gasteiger partial charge in [0.15, 0.2) is 12.4 Å². The minimum atomic E-state index is -0.701. The van der Waals surface area contributed by atoms with E-state index in [4.69, 9.17) is 9.47 Å². The molecule has 1 heterocycles. The number of halogens is 1. The second-order valence-corrected chi connectivity index (χ2v) is 10.8. The van der Waals surface area contributed by atoms with Crippen molar-refractivity contribution in [1.82, 2.24) is 9.80 Å². The summed E-state index contributed by atoms with van der Waals surface area (Å²) in [5.41, 5.74) is -0.169. The van der Waals surface area contributed by atoms with Gasteiger partial charge in [0, 0.05) is 28.7 Å². The van der Waals surface area contributed by atoms with E-state index < -0.39 is 23.7 Å². The van der Waals surface area contributed by atoms with Crippen molar-refractivity contribution in [2.45, 2.75) is 92.0 Å². The number of likely N-dealkylation sites (tertiary alicyclic amines) is 1. The summed E-state index contributed by atoms with van der Waals surface area (Å²) in [6, 6.07) is 7.48. The van der Waals surface area contributed by atoms with Crippen LogP contribution in [0.1, 0.15) is 78.6 Å². The van der Waals surface area contributed by atoms with Gasteiger partial charge in [-0.15, -0.1) is 0 Å². The Labute approximate surface area is 213 Å². The Morgan fingerprint density at radius 1 is 1.09 bits per heavy atom. The van der Waals surface area contributed by atoms with Crippen molar-refractivity contribution < 1.29 is 23.9 Å². The van der Waals surface area contributed by atoms with Gasteiger partial charge < -0.3 is 9.47 Å². The number of carbonyl (C=O) groups is 3. The van der Waals surface area contributed by atoms with E-state index in [0.29, 0.717) is 37.0 Å². The van der Waals surface area contributed by atoms with E-state index in [9.17, 15) is 14.4 Å². The number of Topliss-reactive ketones (excluding diaryl/α,β-unsaturated/α-hetero) is 1. The molecule has 1 aromatic rings. The van der Waals surface area contributed by atoms with Gasteiger partial charge in [-0.25, -0.2) is 9.59 Å². The van der Waals surface area contributed by atoms with Gasteiger partial charge in [0.1, 0.15) is 11.6 Å². The van der Waals surface area contributed by atoms with Crippen LogP contribution in [0.3, 0.4) is 0 Å². The molecule has 1 saturated heterocycles. The molecule has 0 aliphatic carbocycles. The van der Waals surface area contributed by atoms with Crippen LogP contribution in [0.4, 0.5) is 4.79 Å². The Kier molecular flexibility index (Phi) is 12.2. The van der Waals surface area contributed by atoms with Crippen molar-refractivity contribution in [1.29, 1.82) is 0 Å². The second-order valence-electron chi connectivity index (χ2n) is 9.89. The number of amides is 1. The maximum absolute atomic E-state index is 12.3. The summed E-state index contributed by atoms with van der Waals surface area (Å²) < 4.78 is 11.3. The monoisotopic (exact) mass is 540 g/mol. The molecule has 0 N–H and O–H groups in total. The summed E-state index contributed by atoms with van der Waals surface area (Å²) in [4.78, 5) is 40.4. The molecule has 1 amide bonds. The van der Waals surface area contributed by atoms with Gasteiger partial charge in [0.2, 0.25) is 0 Å². The molecule has 0 saturated carbocycles. The molecule has 1 fully saturated rings. The van der Waals surface area contributed by atoms with Crippen LogP contribution in [-0.4, -0.2) is 71.1 Å². The quantitative estimate of drug-likeness (QED) is 0.326. The lowest BCUT2D eigenvalue weighted by Gasteiger charge is -2.28. The molecule has 1 aliphatic rings. The zero-order valence-corrected chi connectivity index (χ0v) is 23.5. The molecule has 0 bridgehead atoms. The average Bonchev–Trinajstić information content (AvgIpc) is 3.22. The molecular weight excluding hydrogens is 500 g/mol. The summed E-state index contributed by atoms with van der Waals surface area (Å²) in [6.45, 7) is 17.7. The molecule has 1 atom stereocenters. The highest BCUT2D eigenvalue weighted by Crippen LogP contribution is 2.22. The molecule has 0 aromatic heterocycles. The van der Waals surface area contributed by atoms with Gasteiger partial charge in [-0.1, -0.05) is 35.0 Å². The molecule has 1 aromatic carbocycles. The number of ketones is 1. The number of carbonyl (C=O) groups excluding carboxylic acids is 3. The normalized spacial score (nSPS) is 15.9. The van der Waals surface area contributed by atoms with E-state index in [2.05, 4.69) is 55.4 Å². The molecule has 192 valence electrons. The molecule has 0 spiro atoms. The predicted octanol–water partition coefficient (Wildman–Crippen LogP) is 5.70. The maximum Gasteiger partial charge on any atom is 0.411 e. The van der Waals surface area contributed by atoms with Crippen LogP contribution in [0, 0.1) is 0 Å². The first-order chi connectivity index (χ1) is 15.8. The Bertz CT molecular complexity index is 794. The molecule has 34 heavy (non-hydrogen) atoms.